The van der Waals surface area contributed by atoms with Gasteiger partial charge >= 0.3 is 5.97 Å². The minimum atomic E-state index is -0.985. The summed E-state index contributed by atoms with van der Waals surface area (Å²) in [5, 5.41) is 5.80. The average Bonchev–Trinajstić information content (AvgIpc) is 3.76. The van der Waals surface area contributed by atoms with Crippen LogP contribution in [-0.4, -0.2) is 174 Å². The van der Waals surface area contributed by atoms with Crippen molar-refractivity contribution in [3.8, 4) is 0 Å². The molecule has 1 fully saturated rings. The SMILES string of the molecule is CC[C@H](C)[C@@H]([C@@H](CC(=O)N1CCC[C@H]1[C@H](OC)[C@@H](C)C(=O)N[C@@H](Cc1ccccc1)C(=O)OCCOCCOCCOC)OC)N(C)C(=O)[C@@H](NC(=O)[C@H](C(C)C)N(C)C(C)S)C(C)C. The maximum absolute atomic E-state index is 14.4. The third-order valence-electron chi connectivity index (χ3n) is 12.6. The Morgan fingerprint density at radius 2 is 1.43 bits per heavy atom. The van der Waals surface area contributed by atoms with Crippen LogP contribution in [0.4, 0.5) is 0 Å². The van der Waals surface area contributed by atoms with Gasteiger partial charge in [0.2, 0.25) is 23.6 Å². The van der Waals surface area contributed by atoms with E-state index in [2.05, 4.69) is 23.3 Å². The van der Waals surface area contributed by atoms with Crippen molar-refractivity contribution < 1.29 is 52.4 Å². The second-order valence-corrected chi connectivity index (χ2v) is 18.7. The van der Waals surface area contributed by atoms with E-state index >= 15 is 0 Å². The fourth-order valence-corrected chi connectivity index (χ4v) is 8.72. The molecule has 2 rings (SSSR count). The standard InChI is InChI=1S/C48H83N5O11S/c1-14-33(6)43(52(10)47(57)41(31(2)3)50-46(56)42(32(4)5)51(9)35(8)65)39(60-12)30-40(54)53-22-18-21-38(53)44(61-13)34(7)45(55)49-37(29-36-19-16-15-17-20-36)48(58)64-28-27-63-26-25-62-24-23-59-11/h15-17,19-20,31-35,37-39,41-44,65H,14,18,21-30H2,1-13H3,(H,49,55)(H,50,56)/t33-,34+,35?,37-,38-,39+,41-,42-,43-,44+/m0/s1. The van der Waals surface area contributed by atoms with Gasteiger partial charge in [-0.05, 0) is 50.1 Å². The number of likely N-dealkylation sites (tertiary alicyclic amines) is 1. The van der Waals surface area contributed by atoms with E-state index in [1.54, 1.807) is 38.0 Å². The molecule has 0 radical (unpaired) electrons. The number of likely N-dealkylation sites (N-methyl/N-ethyl adjacent to an activating group) is 2. The molecule has 65 heavy (non-hydrogen) atoms. The Labute approximate surface area is 395 Å². The summed E-state index contributed by atoms with van der Waals surface area (Å²) in [4.78, 5) is 75.4. The van der Waals surface area contributed by atoms with E-state index in [1.165, 1.54) is 7.11 Å². The maximum atomic E-state index is 14.4. The minimum Gasteiger partial charge on any atom is -0.462 e. The second-order valence-electron chi connectivity index (χ2n) is 17.9. The number of methoxy groups -OCH3 is 3. The zero-order valence-corrected chi connectivity index (χ0v) is 42.5. The highest BCUT2D eigenvalue weighted by Crippen LogP contribution is 2.30. The van der Waals surface area contributed by atoms with Gasteiger partial charge in [0.25, 0.3) is 0 Å². The molecule has 0 spiro atoms. The summed E-state index contributed by atoms with van der Waals surface area (Å²) in [5.41, 5.74) is 0.842. The molecule has 1 heterocycles. The first-order valence-electron chi connectivity index (χ1n) is 23.3. The number of ether oxygens (including phenoxy) is 6. The molecule has 1 saturated heterocycles. The highest BCUT2D eigenvalue weighted by atomic mass is 32.1. The number of thiol groups is 1. The van der Waals surface area contributed by atoms with E-state index in [9.17, 15) is 24.0 Å². The number of hydrogen-bond acceptors (Lipinski definition) is 13. The number of carbonyl (C=O) groups is 5. The summed E-state index contributed by atoms with van der Waals surface area (Å²) < 4.78 is 33.5. The van der Waals surface area contributed by atoms with Crippen LogP contribution in [0.5, 0.6) is 0 Å². The molecule has 2 N–H and O–H groups in total. The van der Waals surface area contributed by atoms with Crippen LogP contribution in [0.1, 0.15) is 86.6 Å². The normalized spacial score (nSPS) is 18.4. The summed E-state index contributed by atoms with van der Waals surface area (Å²) in [5.74, 6) is -2.78. The molecule has 17 heteroatoms. The van der Waals surface area contributed by atoms with Crippen molar-refractivity contribution in [2.45, 2.75) is 135 Å². The number of carbonyl (C=O) groups excluding carboxylic acids is 5. The first kappa shape index (κ1) is 57.8. The van der Waals surface area contributed by atoms with Crippen molar-refractivity contribution >= 4 is 42.2 Å². The molecule has 0 aliphatic carbocycles. The zero-order valence-electron chi connectivity index (χ0n) is 41.6. The van der Waals surface area contributed by atoms with Crippen molar-refractivity contribution in [2.75, 3.05) is 81.6 Å². The van der Waals surface area contributed by atoms with Crippen LogP contribution in [-0.2, 0) is 58.8 Å². The van der Waals surface area contributed by atoms with Crippen molar-refractivity contribution in [1.29, 1.82) is 0 Å². The fraction of sp³-hybridized carbons (Fsp3) is 0.771. The van der Waals surface area contributed by atoms with Gasteiger partial charge in [0.1, 0.15) is 18.7 Å². The maximum Gasteiger partial charge on any atom is 0.329 e. The quantitative estimate of drug-likeness (QED) is 0.0419. The molecule has 1 aromatic rings. The molecule has 0 aromatic heterocycles. The Morgan fingerprint density at radius 1 is 0.815 bits per heavy atom. The summed E-state index contributed by atoms with van der Waals surface area (Å²) in [6, 6.07) is 6.12. The Morgan fingerprint density at radius 3 is 1.97 bits per heavy atom. The molecule has 16 nitrogen and oxygen atoms in total. The summed E-state index contributed by atoms with van der Waals surface area (Å²) in [6.07, 6.45) is 0.825. The van der Waals surface area contributed by atoms with Crippen LogP contribution in [0.2, 0.25) is 0 Å². The molecule has 0 bridgehead atoms. The van der Waals surface area contributed by atoms with Crippen molar-refractivity contribution in [3.05, 3.63) is 35.9 Å². The number of nitrogens with one attached hydrogen (secondary N) is 2. The predicted octanol–water partition coefficient (Wildman–Crippen LogP) is 4.23. The van der Waals surface area contributed by atoms with E-state index < -0.39 is 60.2 Å². The lowest BCUT2D eigenvalue weighted by atomic mass is 9.89. The van der Waals surface area contributed by atoms with E-state index in [4.69, 9.17) is 28.4 Å². The van der Waals surface area contributed by atoms with E-state index in [0.717, 1.165) is 5.56 Å². The number of hydrogen-bond donors (Lipinski definition) is 3. The lowest BCUT2D eigenvalue weighted by Crippen LogP contribution is -2.60. The van der Waals surface area contributed by atoms with Gasteiger partial charge in [0.05, 0.1) is 81.1 Å². The Hall–Kier alpha value is -3.32. The minimum absolute atomic E-state index is 0.000705. The number of benzene rings is 1. The largest absolute Gasteiger partial charge is 0.462 e. The molecule has 1 unspecified atom stereocenters. The van der Waals surface area contributed by atoms with Gasteiger partial charge < -0.3 is 48.9 Å². The lowest BCUT2D eigenvalue weighted by Gasteiger charge is -2.41. The van der Waals surface area contributed by atoms with Crippen LogP contribution in [0.25, 0.3) is 0 Å². The Bertz CT molecular complexity index is 1570. The average molecular weight is 938 g/mol. The van der Waals surface area contributed by atoms with Gasteiger partial charge in [-0.1, -0.05) is 85.2 Å². The fourth-order valence-electron chi connectivity index (χ4n) is 8.58. The number of nitrogens with zero attached hydrogens (tertiary/aromatic N) is 3. The molecule has 4 amide bonds. The zero-order chi connectivity index (χ0) is 48.8. The van der Waals surface area contributed by atoms with Gasteiger partial charge in [-0.15, -0.1) is 0 Å². The van der Waals surface area contributed by atoms with Crippen LogP contribution >= 0.6 is 12.6 Å². The number of amides is 4. The molecule has 10 atom stereocenters. The van der Waals surface area contributed by atoms with E-state index in [0.29, 0.717) is 52.2 Å². The third-order valence-corrected chi connectivity index (χ3v) is 12.9. The van der Waals surface area contributed by atoms with Gasteiger partial charge in [0, 0.05) is 41.3 Å². The van der Waals surface area contributed by atoms with Gasteiger partial charge in [0.15, 0.2) is 0 Å². The number of esters is 1. The summed E-state index contributed by atoms with van der Waals surface area (Å²) >= 11 is 4.56. The lowest BCUT2D eigenvalue weighted by molar-refractivity contribution is -0.151. The predicted molar refractivity (Wildman–Crippen MR) is 254 cm³/mol. The molecule has 1 aliphatic heterocycles. The van der Waals surface area contributed by atoms with Crippen molar-refractivity contribution in [1.82, 2.24) is 25.3 Å². The highest BCUT2D eigenvalue weighted by molar-refractivity contribution is 7.80. The molecule has 372 valence electrons. The van der Waals surface area contributed by atoms with Gasteiger partial charge in [-0.2, -0.15) is 12.6 Å². The Balaban J connectivity index is 2.24. The molecule has 1 aliphatic rings. The summed E-state index contributed by atoms with van der Waals surface area (Å²) in [7, 11) is 8.24. The monoisotopic (exact) mass is 938 g/mol. The van der Waals surface area contributed by atoms with Gasteiger partial charge in [-0.3, -0.25) is 24.1 Å². The van der Waals surface area contributed by atoms with Crippen LogP contribution in [0, 0.1) is 23.7 Å². The molecular weight excluding hydrogens is 855 g/mol. The van der Waals surface area contributed by atoms with Crippen LogP contribution < -0.4 is 10.6 Å². The Kier molecular flexibility index (Phi) is 26.8. The third kappa shape index (κ3) is 18.0. The first-order chi connectivity index (χ1) is 30.9. The molecule has 1 aromatic carbocycles. The first-order valence-corrected chi connectivity index (χ1v) is 23.8. The topological polar surface area (TPSA) is 175 Å². The van der Waals surface area contributed by atoms with Crippen molar-refractivity contribution in [2.24, 2.45) is 23.7 Å². The summed E-state index contributed by atoms with van der Waals surface area (Å²) in [6.45, 7) is 17.7. The van der Waals surface area contributed by atoms with E-state index in [1.807, 2.05) is 90.7 Å². The van der Waals surface area contributed by atoms with Gasteiger partial charge in [-0.25, -0.2) is 4.79 Å². The highest BCUT2D eigenvalue weighted by Gasteiger charge is 2.44. The van der Waals surface area contributed by atoms with Crippen LogP contribution in [0.3, 0.4) is 0 Å². The number of rotatable bonds is 31. The molecule has 0 saturated carbocycles. The van der Waals surface area contributed by atoms with E-state index in [-0.39, 0.29) is 66.9 Å². The second kappa shape index (κ2) is 30.1. The van der Waals surface area contributed by atoms with Crippen molar-refractivity contribution in [3.63, 3.8) is 0 Å². The molecular formula is C48H83N5O11S. The smallest absolute Gasteiger partial charge is 0.329 e. The van der Waals surface area contributed by atoms with Crippen LogP contribution in [0.15, 0.2) is 30.3 Å².